The van der Waals surface area contributed by atoms with Crippen molar-refractivity contribution in [2.75, 3.05) is 26.2 Å². The summed E-state index contributed by atoms with van der Waals surface area (Å²) in [6.45, 7) is 16.9. The average molecular weight is 278 g/mol. The van der Waals surface area contributed by atoms with Crippen LogP contribution in [0.3, 0.4) is 0 Å². The monoisotopic (exact) mass is 278 g/mol. The Kier molecular flexibility index (Phi) is 10.2. The summed E-state index contributed by atoms with van der Waals surface area (Å²) in [6, 6.07) is 0. The number of carbonyl (C=O) groups excluding carboxylic acids is 1. The molecule has 0 saturated carbocycles. The third kappa shape index (κ3) is 7.68. The molecule has 0 rings (SSSR count). The van der Waals surface area contributed by atoms with E-state index in [1.165, 1.54) is 6.08 Å². The number of carbonyl (C=O) groups is 1. The van der Waals surface area contributed by atoms with Crippen molar-refractivity contribution in [1.82, 2.24) is 21.3 Å². The summed E-state index contributed by atoms with van der Waals surface area (Å²) >= 11 is 0. The van der Waals surface area contributed by atoms with Crippen LogP contribution in [0.1, 0.15) is 6.42 Å². The van der Waals surface area contributed by atoms with Crippen LogP contribution in [0.4, 0.5) is 0 Å². The van der Waals surface area contributed by atoms with E-state index in [0.29, 0.717) is 32.6 Å². The molecule has 0 aromatic heterocycles. The van der Waals surface area contributed by atoms with Crippen molar-refractivity contribution in [1.29, 1.82) is 0 Å². The summed E-state index contributed by atoms with van der Waals surface area (Å²) in [5, 5.41) is 12.8. The minimum Gasteiger partial charge on any atom is -0.352 e. The molecule has 5 heteroatoms. The lowest BCUT2D eigenvalue weighted by molar-refractivity contribution is -0.116. The topological polar surface area (TPSA) is 65.2 Å². The van der Waals surface area contributed by atoms with Gasteiger partial charge in [0.1, 0.15) is 5.79 Å². The number of hydrogen-bond acceptors (Lipinski definition) is 4. The van der Waals surface area contributed by atoms with E-state index in [1.54, 1.807) is 18.2 Å². The van der Waals surface area contributed by atoms with Crippen LogP contribution in [0.2, 0.25) is 0 Å². The molecule has 0 saturated heterocycles. The van der Waals surface area contributed by atoms with Gasteiger partial charge in [0.15, 0.2) is 0 Å². The first kappa shape index (κ1) is 18.3. The zero-order valence-corrected chi connectivity index (χ0v) is 12.1. The molecule has 1 amide bonds. The fourth-order valence-electron chi connectivity index (χ4n) is 1.64. The first-order chi connectivity index (χ1) is 9.64. The highest BCUT2D eigenvalue weighted by Crippen LogP contribution is 2.02. The molecular formula is C15H26N4O. The maximum Gasteiger partial charge on any atom is 0.243 e. The van der Waals surface area contributed by atoms with E-state index in [0.717, 1.165) is 0 Å². The molecule has 0 aromatic carbocycles. The minimum atomic E-state index is -0.523. The SMILES string of the molecule is C=CCNC(CCNC(=O)C=C)(NCC=C)NCC=C. The lowest BCUT2D eigenvalue weighted by Gasteiger charge is -2.36. The third-order valence-electron chi connectivity index (χ3n) is 2.63. The van der Waals surface area contributed by atoms with E-state index in [2.05, 4.69) is 47.6 Å². The molecule has 0 radical (unpaired) electrons. The fourth-order valence-corrected chi connectivity index (χ4v) is 1.64. The first-order valence-corrected chi connectivity index (χ1v) is 6.62. The third-order valence-corrected chi connectivity index (χ3v) is 2.63. The predicted molar refractivity (Wildman–Crippen MR) is 85.2 cm³/mol. The quantitative estimate of drug-likeness (QED) is 0.227. The Morgan fingerprint density at radius 2 is 1.35 bits per heavy atom. The van der Waals surface area contributed by atoms with Crippen molar-refractivity contribution in [3.05, 3.63) is 50.6 Å². The van der Waals surface area contributed by atoms with Crippen LogP contribution in [0.5, 0.6) is 0 Å². The molecule has 0 fully saturated rings. The van der Waals surface area contributed by atoms with Gasteiger partial charge in [0.05, 0.1) is 0 Å². The highest BCUT2D eigenvalue weighted by atomic mass is 16.1. The van der Waals surface area contributed by atoms with Crippen molar-refractivity contribution >= 4 is 5.91 Å². The summed E-state index contributed by atoms with van der Waals surface area (Å²) < 4.78 is 0. The molecular weight excluding hydrogens is 252 g/mol. The van der Waals surface area contributed by atoms with Gasteiger partial charge < -0.3 is 5.32 Å². The molecule has 112 valence electrons. The zero-order valence-electron chi connectivity index (χ0n) is 12.1. The molecule has 5 nitrogen and oxygen atoms in total. The van der Waals surface area contributed by atoms with Crippen LogP contribution in [0, 0.1) is 0 Å². The Morgan fingerprint density at radius 1 is 0.900 bits per heavy atom. The average Bonchev–Trinajstić information content (AvgIpc) is 2.48. The van der Waals surface area contributed by atoms with Crippen molar-refractivity contribution < 1.29 is 4.79 Å². The summed E-state index contributed by atoms with van der Waals surface area (Å²) in [5.41, 5.74) is 0. The minimum absolute atomic E-state index is 0.185. The van der Waals surface area contributed by atoms with Crippen molar-refractivity contribution in [2.24, 2.45) is 0 Å². The van der Waals surface area contributed by atoms with Crippen LogP contribution in [-0.4, -0.2) is 37.9 Å². The molecule has 0 atom stereocenters. The second-order valence-electron chi connectivity index (χ2n) is 4.16. The van der Waals surface area contributed by atoms with Gasteiger partial charge in [-0.05, 0) is 6.08 Å². The summed E-state index contributed by atoms with van der Waals surface area (Å²) in [5.74, 6) is -0.708. The number of rotatable bonds is 13. The van der Waals surface area contributed by atoms with Gasteiger partial charge in [-0.2, -0.15) is 0 Å². The van der Waals surface area contributed by atoms with Crippen LogP contribution in [0.25, 0.3) is 0 Å². The highest BCUT2D eigenvalue weighted by molar-refractivity contribution is 5.86. The van der Waals surface area contributed by atoms with E-state index < -0.39 is 5.79 Å². The fraction of sp³-hybridized carbons (Fsp3) is 0.400. The van der Waals surface area contributed by atoms with E-state index in [4.69, 9.17) is 0 Å². The first-order valence-electron chi connectivity index (χ1n) is 6.62. The summed E-state index contributed by atoms with van der Waals surface area (Å²) in [7, 11) is 0. The maximum atomic E-state index is 11.2. The van der Waals surface area contributed by atoms with Crippen molar-refractivity contribution in [3.63, 3.8) is 0 Å². The summed E-state index contributed by atoms with van der Waals surface area (Å²) in [6.07, 6.45) is 7.24. The number of hydrogen-bond donors (Lipinski definition) is 4. The maximum absolute atomic E-state index is 11.2. The Hall–Kier alpha value is -1.69. The van der Waals surface area contributed by atoms with Gasteiger partial charge >= 0.3 is 0 Å². The number of nitrogens with one attached hydrogen (secondary N) is 4. The molecule has 4 N–H and O–H groups in total. The van der Waals surface area contributed by atoms with Crippen LogP contribution in [0.15, 0.2) is 50.6 Å². The smallest absolute Gasteiger partial charge is 0.243 e. The van der Waals surface area contributed by atoms with E-state index in [-0.39, 0.29) is 5.91 Å². The van der Waals surface area contributed by atoms with Gasteiger partial charge in [-0.15, -0.1) is 19.7 Å². The standard InChI is InChI=1S/C15H26N4O/c1-5-10-17-15(18-11-6-2,19-12-7-3)9-13-16-14(20)8-4/h5-8,17-19H,1-4,9-13H2,(H,16,20). The van der Waals surface area contributed by atoms with Crippen LogP contribution < -0.4 is 21.3 Å². The van der Waals surface area contributed by atoms with Crippen LogP contribution in [-0.2, 0) is 4.79 Å². The molecule has 0 unspecified atom stereocenters. The van der Waals surface area contributed by atoms with Gasteiger partial charge in [-0.25, -0.2) is 0 Å². The molecule has 0 aliphatic heterocycles. The Balaban J connectivity index is 4.68. The van der Waals surface area contributed by atoms with Gasteiger partial charge in [0, 0.05) is 32.6 Å². The second kappa shape index (κ2) is 11.2. The van der Waals surface area contributed by atoms with E-state index in [1.807, 2.05) is 0 Å². The normalized spacial score (nSPS) is 10.6. The second-order valence-corrected chi connectivity index (χ2v) is 4.16. The summed E-state index contributed by atoms with van der Waals surface area (Å²) in [4.78, 5) is 11.2. The van der Waals surface area contributed by atoms with Gasteiger partial charge in [0.25, 0.3) is 0 Å². The molecule has 0 aliphatic carbocycles. The number of amides is 1. The van der Waals surface area contributed by atoms with E-state index in [9.17, 15) is 4.79 Å². The van der Waals surface area contributed by atoms with Gasteiger partial charge in [-0.3, -0.25) is 20.7 Å². The lowest BCUT2D eigenvalue weighted by Crippen LogP contribution is -2.67. The molecule has 0 spiro atoms. The van der Waals surface area contributed by atoms with Crippen molar-refractivity contribution in [2.45, 2.75) is 12.2 Å². The Labute approximate surface area is 121 Å². The molecule has 0 aliphatic rings. The predicted octanol–water partition coefficient (Wildman–Crippen LogP) is 0.659. The molecule has 0 heterocycles. The van der Waals surface area contributed by atoms with Gasteiger partial charge in [0.2, 0.25) is 5.91 Å². The van der Waals surface area contributed by atoms with Crippen LogP contribution >= 0.6 is 0 Å². The van der Waals surface area contributed by atoms with Crippen molar-refractivity contribution in [3.8, 4) is 0 Å². The molecule has 20 heavy (non-hydrogen) atoms. The van der Waals surface area contributed by atoms with E-state index >= 15 is 0 Å². The lowest BCUT2D eigenvalue weighted by atomic mass is 10.2. The Morgan fingerprint density at radius 3 is 1.70 bits per heavy atom. The van der Waals surface area contributed by atoms with Gasteiger partial charge in [-0.1, -0.05) is 24.8 Å². The Bertz CT molecular complexity index is 307. The highest BCUT2D eigenvalue weighted by Gasteiger charge is 2.26. The molecule has 0 bridgehead atoms. The zero-order chi connectivity index (χ0) is 15.3. The largest absolute Gasteiger partial charge is 0.352 e. The molecule has 0 aromatic rings.